The predicted molar refractivity (Wildman–Crippen MR) is 107 cm³/mol. The Hall–Kier alpha value is -2.81. The summed E-state index contributed by atoms with van der Waals surface area (Å²) in [5.74, 6) is -0.674. The molecule has 0 radical (unpaired) electrons. The highest BCUT2D eigenvalue weighted by atomic mass is 19.1. The summed E-state index contributed by atoms with van der Waals surface area (Å²) in [4.78, 5) is 20.7. The summed E-state index contributed by atoms with van der Waals surface area (Å²) >= 11 is 0. The number of aliphatic hydroxyl groups is 1. The second-order valence-corrected chi connectivity index (χ2v) is 7.83. The smallest absolute Gasteiger partial charge is 0.255 e. The number of aromatic nitrogens is 2. The van der Waals surface area contributed by atoms with Crippen molar-refractivity contribution in [3.05, 3.63) is 41.5 Å². The standard InChI is InChI=1S/C20H25F2N5O2/c1-11-6-14(21)18(24-8-11)27-17-7-15(26-12-4-5-12)13(9-23-17)19(28)25-10-16(22)20(2,3)29/h6-9,12,16,29H,4-5,10H2,1-3H3,(H,25,28)(H2,23,24,26,27)/t16-/m1/s1. The number of pyridine rings is 2. The maximum atomic E-state index is 14.0. The second-order valence-electron chi connectivity index (χ2n) is 7.83. The van der Waals surface area contributed by atoms with Gasteiger partial charge < -0.3 is 21.1 Å². The number of hydrogen-bond acceptors (Lipinski definition) is 6. The molecule has 1 aliphatic rings. The van der Waals surface area contributed by atoms with Gasteiger partial charge >= 0.3 is 0 Å². The van der Waals surface area contributed by atoms with Gasteiger partial charge in [0.15, 0.2) is 11.6 Å². The van der Waals surface area contributed by atoms with Crippen molar-refractivity contribution in [2.24, 2.45) is 0 Å². The molecule has 0 unspecified atom stereocenters. The Labute approximate surface area is 168 Å². The lowest BCUT2D eigenvalue weighted by Crippen LogP contribution is -2.42. The van der Waals surface area contributed by atoms with E-state index in [9.17, 15) is 18.7 Å². The van der Waals surface area contributed by atoms with Gasteiger partial charge in [0.05, 0.1) is 23.4 Å². The molecule has 0 spiro atoms. The number of nitrogens with zero attached hydrogens (tertiary/aromatic N) is 2. The molecule has 29 heavy (non-hydrogen) atoms. The van der Waals surface area contributed by atoms with Gasteiger partial charge in [-0.2, -0.15) is 0 Å². The molecule has 2 aromatic heterocycles. The Morgan fingerprint density at radius 3 is 2.66 bits per heavy atom. The molecule has 2 aromatic rings. The molecular formula is C20H25F2N5O2. The molecule has 0 aromatic carbocycles. The molecule has 2 heterocycles. The Bertz CT molecular complexity index is 897. The summed E-state index contributed by atoms with van der Waals surface area (Å²) in [5, 5.41) is 18.2. The van der Waals surface area contributed by atoms with Gasteiger partial charge in [-0.3, -0.25) is 4.79 Å². The van der Waals surface area contributed by atoms with Crippen molar-refractivity contribution in [1.29, 1.82) is 0 Å². The number of hydrogen-bond donors (Lipinski definition) is 4. The van der Waals surface area contributed by atoms with E-state index in [2.05, 4.69) is 25.9 Å². The minimum Gasteiger partial charge on any atom is -0.387 e. The largest absolute Gasteiger partial charge is 0.387 e. The molecule has 0 saturated heterocycles. The number of alkyl halides is 1. The minimum absolute atomic E-state index is 0.0307. The Morgan fingerprint density at radius 1 is 1.31 bits per heavy atom. The Kier molecular flexibility index (Phi) is 5.97. The third-order valence-electron chi connectivity index (χ3n) is 4.52. The number of rotatable bonds is 8. The molecule has 1 aliphatic carbocycles. The number of halogens is 2. The number of nitrogens with one attached hydrogen (secondary N) is 3. The summed E-state index contributed by atoms with van der Waals surface area (Å²) in [6, 6.07) is 3.20. The number of amides is 1. The van der Waals surface area contributed by atoms with E-state index >= 15 is 0 Å². The van der Waals surface area contributed by atoms with Crippen molar-refractivity contribution in [3.8, 4) is 0 Å². The summed E-state index contributed by atoms with van der Waals surface area (Å²) in [6.07, 6.45) is 3.21. The zero-order chi connectivity index (χ0) is 21.2. The highest BCUT2D eigenvalue weighted by molar-refractivity contribution is 6.00. The molecule has 0 aliphatic heterocycles. The zero-order valence-electron chi connectivity index (χ0n) is 16.6. The van der Waals surface area contributed by atoms with Crippen LogP contribution >= 0.6 is 0 Å². The molecule has 9 heteroatoms. The number of aryl methyl sites for hydroxylation is 1. The van der Waals surface area contributed by atoms with Crippen LogP contribution in [0.5, 0.6) is 0 Å². The topological polar surface area (TPSA) is 99.2 Å². The van der Waals surface area contributed by atoms with Gasteiger partial charge in [-0.05, 0) is 45.2 Å². The molecule has 1 atom stereocenters. The zero-order valence-corrected chi connectivity index (χ0v) is 16.6. The average molecular weight is 405 g/mol. The van der Waals surface area contributed by atoms with Crippen LogP contribution in [-0.2, 0) is 0 Å². The fraction of sp³-hybridized carbons (Fsp3) is 0.450. The number of carbonyl (C=O) groups is 1. The first-order valence-electron chi connectivity index (χ1n) is 9.44. The minimum atomic E-state index is -1.62. The lowest BCUT2D eigenvalue weighted by Gasteiger charge is -2.22. The molecule has 3 rings (SSSR count). The average Bonchev–Trinajstić information content (AvgIpc) is 3.45. The summed E-state index contributed by atoms with van der Waals surface area (Å²) in [7, 11) is 0. The van der Waals surface area contributed by atoms with Crippen LogP contribution in [0.15, 0.2) is 24.5 Å². The third-order valence-corrected chi connectivity index (χ3v) is 4.52. The third kappa shape index (κ3) is 5.60. The van der Waals surface area contributed by atoms with Crippen molar-refractivity contribution in [2.75, 3.05) is 17.2 Å². The van der Waals surface area contributed by atoms with E-state index in [0.29, 0.717) is 17.1 Å². The van der Waals surface area contributed by atoms with E-state index in [4.69, 9.17) is 0 Å². The maximum Gasteiger partial charge on any atom is 0.255 e. The van der Waals surface area contributed by atoms with Crippen molar-refractivity contribution in [3.63, 3.8) is 0 Å². The molecule has 4 N–H and O–H groups in total. The second kappa shape index (κ2) is 8.28. The highest BCUT2D eigenvalue weighted by Gasteiger charge is 2.28. The van der Waals surface area contributed by atoms with E-state index in [1.807, 2.05) is 0 Å². The van der Waals surface area contributed by atoms with Crippen LogP contribution in [0.4, 0.5) is 26.1 Å². The van der Waals surface area contributed by atoms with E-state index < -0.39 is 23.5 Å². The fourth-order valence-electron chi connectivity index (χ4n) is 2.55. The molecule has 1 fully saturated rings. The highest BCUT2D eigenvalue weighted by Crippen LogP contribution is 2.29. The molecule has 1 saturated carbocycles. The van der Waals surface area contributed by atoms with Crippen molar-refractivity contribution < 1.29 is 18.7 Å². The van der Waals surface area contributed by atoms with Gasteiger partial charge in [0.2, 0.25) is 0 Å². The number of carbonyl (C=O) groups excluding carboxylic acids is 1. The van der Waals surface area contributed by atoms with E-state index in [1.165, 1.54) is 32.3 Å². The summed E-state index contributed by atoms with van der Waals surface area (Å²) in [6.45, 7) is 4.08. The van der Waals surface area contributed by atoms with Crippen molar-refractivity contribution in [2.45, 2.75) is 51.4 Å². The summed E-state index contributed by atoms with van der Waals surface area (Å²) in [5.41, 5.74) is -0.114. The SMILES string of the molecule is Cc1cnc(Nc2cc(NC3CC3)c(C(=O)NC[C@@H](F)C(C)(C)O)cn2)c(F)c1. The quantitative estimate of drug-likeness (QED) is 0.539. The first-order chi connectivity index (χ1) is 13.6. The van der Waals surface area contributed by atoms with Crippen LogP contribution in [0.1, 0.15) is 42.6 Å². The van der Waals surface area contributed by atoms with Crippen LogP contribution in [0, 0.1) is 12.7 Å². The van der Waals surface area contributed by atoms with Crippen LogP contribution in [-0.4, -0.2) is 45.3 Å². The van der Waals surface area contributed by atoms with E-state index in [-0.39, 0.29) is 24.0 Å². The molecule has 1 amide bonds. The predicted octanol–water partition coefficient (Wildman–Crippen LogP) is 3.08. The first-order valence-corrected chi connectivity index (χ1v) is 9.44. The Balaban J connectivity index is 1.77. The lowest BCUT2D eigenvalue weighted by molar-refractivity contribution is -0.00177. The monoisotopic (exact) mass is 405 g/mol. The van der Waals surface area contributed by atoms with Crippen LogP contribution < -0.4 is 16.0 Å². The van der Waals surface area contributed by atoms with Crippen LogP contribution in [0.3, 0.4) is 0 Å². The number of anilines is 3. The fourth-order valence-corrected chi connectivity index (χ4v) is 2.55. The lowest BCUT2D eigenvalue weighted by atomic mass is 10.0. The maximum absolute atomic E-state index is 14.0. The molecule has 156 valence electrons. The first kappa shape index (κ1) is 20.9. The van der Waals surface area contributed by atoms with E-state index in [0.717, 1.165) is 12.8 Å². The Morgan fingerprint density at radius 2 is 2.03 bits per heavy atom. The molecule has 7 nitrogen and oxygen atoms in total. The van der Waals surface area contributed by atoms with E-state index in [1.54, 1.807) is 13.0 Å². The van der Waals surface area contributed by atoms with Gasteiger partial charge in [-0.15, -0.1) is 0 Å². The van der Waals surface area contributed by atoms with Gasteiger partial charge in [-0.25, -0.2) is 18.7 Å². The van der Waals surface area contributed by atoms with Crippen LogP contribution in [0.25, 0.3) is 0 Å². The van der Waals surface area contributed by atoms with Crippen LogP contribution in [0.2, 0.25) is 0 Å². The van der Waals surface area contributed by atoms with Crippen molar-refractivity contribution >= 4 is 23.2 Å². The summed E-state index contributed by atoms with van der Waals surface area (Å²) < 4.78 is 28.0. The molecular weight excluding hydrogens is 380 g/mol. The normalized spacial score (nSPS) is 15.0. The van der Waals surface area contributed by atoms with Gasteiger partial charge in [0.1, 0.15) is 12.0 Å². The van der Waals surface area contributed by atoms with Gasteiger partial charge in [0.25, 0.3) is 5.91 Å². The molecule has 0 bridgehead atoms. The van der Waals surface area contributed by atoms with Gasteiger partial charge in [0, 0.05) is 24.5 Å². The van der Waals surface area contributed by atoms with Crippen molar-refractivity contribution in [1.82, 2.24) is 15.3 Å². The van der Waals surface area contributed by atoms with Gasteiger partial charge in [-0.1, -0.05) is 0 Å².